The minimum absolute atomic E-state index is 0. The van der Waals surface area contributed by atoms with Gasteiger partial charge in [0.2, 0.25) is 0 Å². The molecule has 348 valence electrons. The largest absolute Gasteiger partial charge is 0.466 e. The molecule has 0 aliphatic heterocycles. The molecule has 0 aromatic heterocycles. The van der Waals surface area contributed by atoms with Crippen LogP contribution in [0.15, 0.2) is 0 Å². The molecule has 0 aliphatic carbocycles. The van der Waals surface area contributed by atoms with Gasteiger partial charge in [-0.25, -0.2) is 0 Å². The molecule has 7 heteroatoms. The molecule has 1 atom stereocenters. The van der Waals surface area contributed by atoms with E-state index in [0.717, 1.165) is 77.4 Å². The van der Waals surface area contributed by atoms with Crippen molar-refractivity contribution in [1.82, 2.24) is 4.90 Å². The van der Waals surface area contributed by atoms with Gasteiger partial charge < -0.3 is 26.4 Å². The Labute approximate surface area is 377 Å². The first-order chi connectivity index (χ1) is 27.8. The fourth-order valence-electron chi connectivity index (χ4n) is 7.80. The summed E-state index contributed by atoms with van der Waals surface area (Å²) in [6.45, 7) is 21.4. The smallest absolute Gasteiger partial charge is 0.306 e. The first-order valence-corrected chi connectivity index (χ1v) is 25.3. The summed E-state index contributed by atoms with van der Waals surface area (Å²) in [5.74, 6) is 1.09. The molecular weight excluding hydrogens is 890 g/mol. The van der Waals surface area contributed by atoms with E-state index in [1.165, 1.54) is 148 Å². The van der Waals surface area contributed by atoms with E-state index in [-0.39, 0.29) is 39.1 Å². The molecule has 0 aromatic rings. The van der Waals surface area contributed by atoms with Crippen molar-refractivity contribution in [2.24, 2.45) is 11.8 Å². The van der Waals surface area contributed by atoms with E-state index in [2.05, 4.69) is 53.4 Å². The molecule has 0 fully saturated rings. The monoisotopic (exact) mass is 993 g/mol. The summed E-state index contributed by atoms with van der Waals surface area (Å²) in [5.41, 5.74) is 0. The fourth-order valence-corrected chi connectivity index (χ4v) is 7.80. The van der Waals surface area contributed by atoms with Crippen molar-refractivity contribution >= 4 is 11.9 Å². The molecular formula is C51H102NO5W-. The Morgan fingerprint density at radius 2 is 0.948 bits per heavy atom. The zero-order chi connectivity index (χ0) is 42.5. The maximum atomic E-state index is 12.6. The van der Waals surface area contributed by atoms with Crippen LogP contribution in [0.4, 0.5) is 0 Å². The molecule has 0 bridgehead atoms. The molecule has 1 N–H and O–H groups in total. The summed E-state index contributed by atoms with van der Waals surface area (Å²) < 4.78 is 11.6. The number of hydrogen-bond acceptors (Lipinski definition) is 6. The number of carbonyl (C=O) groups excluding carboxylic acids is 2. The van der Waals surface area contributed by atoms with Crippen molar-refractivity contribution in [2.75, 3.05) is 32.8 Å². The topological polar surface area (TPSA) is 76.1 Å². The van der Waals surface area contributed by atoms with E-state index in [0.29, 0.717) is 37.9 Å². The van der Waals surface area contributed by atoms with E-state index < -0.39 is 0 Å². The number of hydrogen-bond donors (Lipinski definition) is 1. The molecule has 1 unspecified atom stereocenters. The third-order valence-electron chi connectivity index (χ3n) is 11.8. The predicted molar refractivity (Wildman–Crippen MR) is 248 cm³/mol. The number of esters is 2. The van der Waals surface area contributed by atoms with Gasteiger partial charge >= 0.3 is 11.9 Å². The molecule has 0 saturated heterocycles. The predicted octanol–water partition coefficient (Wildman–Crippen LogP) is 15.2. The molecule has 0 rings (SSSR count). The maximum Gasteiger partial charge on any atom is 0.306 e. The van der Waals surface area contributed by atoms with Gasteiger partial charge in [0.15, 0.2) is 0 Å². The summed E-state index contributed by atoms with van der Waals surface area (Å²) in [6.07, 6.45) is 39.1. The SMILES string of the molecule is CCCCCC(CO)CCCCC.[CH2-]CCCCCCCC(CCCCCCCCOC(=O)CC(CCCCC)CCCCC)OC(=O)CCCCN(CC)CC.[W]. The van der Waals surface area contributed by atoms with Crippen molar-refractivity contribution in [3.8, 4) is 0 Å². The Hall–Kier alpha value is -0.452. The average Bonchev–Trinajstić information content (AvgIpc) is 3.21. The van der Waals surface area contributed by atoms with Crippen molar-refractivity contribution in [3.63, 3.8) is 0 Å². The van der Waals surface area contributed by atoms with E-state index >= 15 is 0 Å². The van der Waals surface area contributed by atoms with Crippen molar-refractivity contribution in [3.05, 3.63) is 6.92 Å². The Bertz CT molecular complexity index is 790. The van der Waals surface area contributed by atoms with Crippen LogP contribution in [-0.4, -0.2) is 60.9 Å². The molecule has 0 amide bonds. The van der Waals surface area contributed by atoms with Gasteiger partial charge in [0.1, 0.15) is 6.10 Å². The van der Waals surface area contributed by atoms with Crippen molar-refractivity contribution in [1.29, 1.82) is 0 Å². The second-order valence-electron chi connectivity index (χ2n) is 17.2. The van der Waals surface area contributed by atoms with Crippen LogP contribution in [-0.2, 0) is 40.1 Å². The number of rotatable bonds is 43. The van der Waals surface area contributed by atoms with Crippen LogP contribution in [0.3, 0.4) is 0 Å². The Morgan fingerprint density at radius 1 is 0.517 bits per heavy atom. The zero-order valence-electron chi connectivity index (χ0n) is 40.0. The summed E-state index contributed by atoms with van der Waals surface area (Å²) in [6, 6.07) is 0. The molecule has 6 nitrogen and oxygen atoms in total. The number of nitrogens with zero attached hydrogens (tertiary/aromatic N) is 1. The summed E-state index contributed by atoms with van der Waals surface area (Å²) in [7, 11) is 0. The van der Waals surface area contributed by atoms with Gasteiger partial charge in [0.25, 0.3) is 0 Å². The van der Waals surface area contributed by atoms with Crippen molar-refractivity contribution < 1.29 is 45.2 Å². The molecule has 0 aromatic carbocycles. The van der Waals surface area contributed by atoms with E-state index in [4.69, 9.17) is 14.6 Å². The zero-order valence-corrected chi connectivity index (χ0v) is 42.9. The second kappa shape index (κ2) is 50.9. The first kappa shape index (κ1) is 61.8. The maximum absolute atomic E-state index is 12.6. The number of aliphatic hydroxyl groups excluding tert-OH is 1. The normalized spacial score (nSPS) is 11.8. The molecule has 58 heavy (non-hydrogen) atoms. The Kier molecular flexibility index (Phi) is 54.3. The molecule has 0 saturated carbocycles. The number of carbonyl (C=O) groups is 2. The number of ether oxygens (including phenoxy) is 2. The third-order valence-corrected chi connectivity index (χ3v) is 11.8. The van der Waals surface area contributed by atoms with Crippen LogP contribution in [0.25, 0.3) is 0 Å². The van der Waals surface area contributed by atoms with Crippen LogP contribution in [0, 0.1) is 18.8 Å². The van der Waals surface area contributed by atoms with Gasteiger partial charge in [-0.3, -0.25) is 9.59 Å². The van der Waals surface area contributed by atoms with E-state index in [9.17, 15) is 9.59 Å². The van der Waals surface area contributed by atoms with Crippen LogP contribution in [0.2, 0.25) is 0 Å². The van der Waals surface area contributed by atoms with Gasteiger partial charge in [-0.1, -0.05) is 170 Å². The van der Waals surface area contributed by atoms with Crippen LogP contribution in [0.1, 0.15) is 260 Å². The first-order valence-electron chi connectivity index (χ1n) is 25.3. The quantitative estimate of drug-likeness (QED) is 0.0373. The fraction of sp³-hybridized carbons (Fsp3) is 0.941. The number of aliphatic hydroxyl groups is 1. The molecule has 0 aliphatic rings. The second-order valence-corrected chi connectivity index (χ2v) is 17.2. The molecule has 0 heterocycles. The summed E-state index contributed by atoms with van der Waals surface area (Å²) in [4.78, 5) is 27.4. The molecule has 0 spiro atoms. The minimum Gasteiger partial charge on any atom is -0.466 e. The molecule has 0 radical (unpaired) electrons. The van der Waals surface area contributed by atoms with Crippen LogP contribution < -0.4 is 0 Å². The Morgan fingerprint density at radius 3 is 1.40 bits per heavy atom. The summed E-state index contributed by atoms with van der Waals surface area (Å²) in [5, 5.41) is 9.12. The van der Waals surface area contributed by atoms with Crippen LogP contribution >= 0.6 is 0 Å². The minimum atomic E-state index is -0.00519. The third kappa shape index (κ3) is 45.1. The van der Waals surface area contributed by atoms with E-state index in [1.54, 1.807) is 0 Å². The van der Waals surface area contributed by atoms with Gasteiger partial charge in [-0.2, -0.15) is 6.42 Å². The Balaban J connectivity index is -0.00000184. The van der Waals surface area contributed by atoms with Gasteiger partial charge in [0.05, 0.1) is 6.61 Å². The summed E-state index contributed by atoms with van der Waals surface area (Å²) >= 11 is 0. The standard InChI is InChI=1S/C39H76NO4.C12H26O.W/c1-6-11-14-15-18-23-30-37(44-38(41)32-25-26-33-40(9-4)10-5)31-24-19-16-17-20-27-34-43-39(42)35-36(28-21-12-7-2)29-22-13-8-3;1-3-5-7-9-12(11-13)10-8-6-4-2;/h36-37H,1,6-35H2,2-5H3;12-13H,3-11H2,1-2H3;/q-1;;. The van der Waals surface area contributed by atoms with Gasteiger partial charge in [-0.15, -0.1) is 0 Å². The number of unbranched alkanes of at least 4 members (excludes halogenated alkanes) is 19. The van der Waals surface area contributed by atoms with E-state index in [1.807, 2.05) is 0 Å². The average molecular weight is 993 g/mol. The van der Waals surface area contributed by atoms with Gasteiger partial charge in [-0.05, 0) is 102 Å². The van der Waals surface area contributed by atoms with Crippen molar-refractivity contribution in [2.45, 2.75) is 266 Å². The van der Waals surface area contributed by atoms with Crippen LogP contribution in [0.5, 0.6) is 0 Å². The van der Waals surface area contributed by atoms with Gasteiger partial charge in [0, 0.05) is 40.5 Å².